The number of aromatic amines is 1. The van der Waals surface area contributed by atoms with Gasteiger partial charge in [0.25, 0.3) is 6.43 Å². The first-order valence-corrected chi connectivity index (χ1v) is 6.17. The van der Waals surface area contributed by atoms with E-state index in [9.17, 15) is 8.78 Å². The molecule has 1 heterocycles. The largest absolute Gasteiger partial charge is 0.487 e. The second-order valence-corrected chi connectivity index (χ2v) is 4.36. The average molecular weight is 274 g/mol. The van der Waals surface area contributed by atoms with Crippen LogP contribution in [-0.4, -0.2) is 10.2 Å². The minimum Gasteiger partial charge on any atom is -0.487 e. The fourth-order valence-electron chi connectivity index (χ4n) is 2.05. The number of fused-ring (bicyclic) bond motifs is 1. The van der Waals surface area contributed by atoms with Crippen LogP contribution in [0.1, 0.15) is 17.7 Å². The van der Waals surface area contributed by atoms with E-state index in [4.69, 9.17) is 4.74 Å². The van der Waals surface area contributed by atoms with Gasteiger partial charge in [-0.2, -0.15) is 5.10 Å². The van der Waals surface area contributed by atoms with Gasteiger partial charge in [0.1, 0.15) is 23.6 Å². The molecule has 3 rings (SSSR count). The maximum atomic E-state index is 12.8. The molecule has 0 spiro atoms. The monoisotopic (exact) mass is 274 g/mol. The van der Waals surface area contributed by atoms with Gasteiger partial charge in [0, 0.05) is 5.39 Å². The summed E-state index contributed by atoms with van der Waals surface area (Å²) < 4.78 is 31.3. The summed E-state index contributed by atoms with van der Waals surface area (Å²) in [5.74, 6) is 0.495. The third-order valence-corrected chi connectivity index (χ3v) is 3.03. The highest BCUT2D eigenvalue weighted by atomic mass is 19.3. The van der Waals surface area contributed by atoms with E-state index >= 15 is 0 Å². The second-order valence-electron chi connectivity index (χ2n) is 4.36. The predicted molar refractivity (Wildman–Crippen MR) is 71.8 cm³/mol. The summed E-state index contributed by atoms with van der Waals surface area (Å²) in [4.78, 5) is 0. The van der Waals surface area contributed by atoms with Crippen molar-refractivity contribution in [1.29, 1.82) is 0 Å². The van der Waals surface area contributed by atoms with E-state index in [1.807, 2.05) is 30.3 Å². The van der Waals surface area contributed by atoms with Gasteiger partial charge >= 0.3 is 0 Å². The van der Waals surface area contributed by atoms with Crippen LogP contribution in [0.2, 0.25) is 0 Å². The number of nitrogens with zero attached hydrogens (tertiary/aromatic N) is 1. The Kier molecular flexibility index (Phi) is 3.33. The van der Waals surface area contributed by atoms with Crippen molar-refractivity contribution in [1.82, 2.24) is 10.2 Å². The lowest BCUT2D eigenvalue weighted by molar-refractivity contribution is 0.147. The number of hydrogen-bond acceptors (Lipinski definition) is 2. The number of benzene rings is 2. The SMILES string of the molecule is FC(F)c1[nH]nc2c(OCc3ccccc3)cccc12. The molecule has 3 aromatic rings. The highest BCUT2D eigenvalue weighted by Crippen LogP contribution is 2.30. The molecule has 20 heavy (non-hydrogen) atoms. The van der Waals surface area contributed by atoms with Crippen LogP contribution >= 0.6 is 0 Å². The Morgan fingerprint density at radius 3 is 2.60 bits per heavy atom. The maximum Gasteiger partial charge on any atom is 0.280 e. The number of hydrogen-bond donors (Lipinski definition) is 1. The maximum absolute atomic E-state index is 12.8. The van der Waals surface area contributed by atoms with E-state index in [-0.39, 0.29) is 5.69 Å². The fraction of sp³-hybridized carbons (Fsp3) is 0.133. The van der Waals surface area contributed by atoms with Gasteiger partial charge in [-0.05, 0) is 11.6 Å². The molecule has 1 N–H and O–H groups in total. The molecule has 0 atom stereocenters. The highest BCUT2D eigenvalue weighted by Gasteiger charge is 2.16. The van der Waals surface area contributed by atoms with Crippen LogP contribution in [0.4, 0.5) is 8.78 Å². The zero-order valence-corrected chi connectivity index (χ0v) is 10.5. The Bertz CT molecular complexity index is 710. The molecular weight excluding hydrogens is 262 g/mol. The van der Waals surface area contributed by atoms with Crippen molar-refractivity contribution in [2.24, 2.45) is 0 Å². The van der Waals surface area contributed by atoms with E-state index in [2.05, 4.69) is 10.2 Å². The molecular formula is C15H12F2N2O. The Labute approximate surface area is 114 Å². The van der Waals surface area contributed by atoms with Crippen molar-refractivity contribution in [2.45, 2.75) is 13.0 Å². The summed E-state index contributed by atoms with van der Waals surface area (Å²) in [5.41, 5.74) is 1.26. The Balaban J connectivity index is 1.89. The van der Waals surface area contributed by atoms with Crippen molar-refractivity contribution < 1.29 is 13.5 Å². The van der Waals surface area contributed by atoms with E-state index in [0.717, 1.165) is 5.56 Å². The van der Waals surface area contributed by atoms with Crippen LogP contribution < -0.4 is 4.74 Å². The van der Waals surface area contributed by atoms with Crippen LogP contribution in [0.15, 0.2) is 48.5 Å². The third kappa shape index (κ3) is 2.34. The molecule has 0 radical (unpaired) electrons. The lowest BCUT2D eigenvalue weighted by atomic mass is 10.2. The molecule has 0 bridgehead atoms. The molecule has 0 aliphatic rings. The van der Waals surface area contributed by atoms with E-state index < -0.39 is 6.43 Å². The molecule has 102 valence electrons. The molecule has 0 aliphatic heterocycles. The highest BCUT2D eigenvalue weighted by molar-refractivity contribution is 5.86. The second kappa shape index (κ2) is 5.28. The quantitative estimate of drug-likeness (QED) is 0.778. The Morgan fingerprint density at radius 2 is 1.85 bits per heavy atom. The van der Waals surface area contributed by atoms with E-state index in [1.165, 1.54) is 0 Å². The minimum absolute atomic E-state index is 0.176. The Hall–Kier alpha value is -2.43. The van der Waals surface area contributed by atoms with Crippen LogP contribution in [0.25, 0.3) is 10.9 Å². The predicted octanol–water partition coefficient (Wildman–Crippen LogP) is 4.08. The molecule has 0 fully saturated rings. The van der Waals surface area contributed by atoms with Gasteiger partial charge in [0.2, 0.25) is 0 Å². The molecule has 0 saturated carbocycles. The lowest BCUT2D eigenvalue weighted by Gasteiger charge is -2.06. The smallest absolute Gasteiger partial charge is 0.280 e. The van der Waals surface area contributed by atoms with Crippen LogP contribution in [-0.2, 0) is 6.61 Å². The zero-order valence-electron chi connectivity index (χ0n) is 10.5. The van der Waals surface area contributed by atoms with Crippen molar-refractivity contribution >= 4 is 10.9 Å². The number of aromatic nitrogens is 2. The first-order valence-electron chi connectivity index (χ1n) is 6.17. The zero-order chi connectivity index (χ0) is 13.9. The Morgan fingerprint density at radius 1 is 1.05 bits per heavy atom. The number of alkyl halides is 2. The first-order chi connectivity index (χ1) is 9.75. The number of halogens is 2. The summed E-state index contributed by atoms with van der Waals surface area (Å²) in [6.07, 6.45) is -2.58. The number of rotatable bonds is 4. The number of para-hydroxylation sites is 1. The summed E-state index contributed by atoms with van der Waals surface area (Å²) in [6.45, 7) is 0.372. The van der Waals surface area contributed by atoms with Crippen molar-refractivity contribution in [3.05, 3.63) is 59.8 Å². The van der Waals surface area contributed by atoms with E-state index in [1.54, 1.807) is 18.2 Å². The van der Waals surface area contributed by atoms with Crippen molar-refractivity contribution in [3.8, 4) is 5.75 Å². The van der Waals surface area contributed by atoms with Gasteiger partial charge in [-0.1, -0.05) is 42.5 Å². The van der Waals surface area contributed by atoms with Gasteiger partial charge in [-0.3, -0.25) is 5.10 Å². The first kappa shape index (κ1) is 12.6. The fourth-order valence-corrected chi connectivity index (χ4v) is 2.05. The van der Waals surface area contributed by atoms with Gasteiger partial charge in [-0.25, -0.2) is 8.78 Å². The lowest BCUT2D eigenvalue weighted by Crippen LogP contribution is -1.95. The van der Waals surface area contributed by atoms with Gasteiger partial charge < -0.3 is 4.74 Å². The van der Waals surface area contributed by atoms with Crippen LogP contribution in [0, 0.1) is 0 Å². The number of H-pyrrole nitrogens is 1. The standard InChI is InChI=1S/C15H12F2N2O/c16-15(17)14-11-7-4-8-12(13(11)18-19-14)20-9-10-5-2-1-3-6-10/h1-8,15H,9H2,(H,18,19). The number of nitrogens with one attached hydrogen (secondary N) is 1. The van der Waals surface area contributed by atoms with E-state index in [0.29, 0.717) is 23.3 Å². The third-order valence-electron chi connectivity index (χ3n) is 3.03. The molecule has 0 amide bonds. The van der Waals surface area contributed by atoms with Gasteiger partial charge in [0.15, 0.2) is 0 Å². The summed E-state index contributed by atoms with van der Waals surface area (Å²) >= 11 is 0. The van der Waals surface area contributed by atoms with Crippen LogP contribution in [0.5, 0.6) is 5.75 Å². The van der Waals surface area contributed by atoms with Gasteiger partial charge in [0.05, 0.1) is 0 Å². The summed E-state index contributed by atoms with van der Waals surface area (Å²) in [7, 11) is 0. The molecule has 0 aliphatic carbocycles. The average Bonchev–Trinajstić information content (AvgIpc) is 2.91. The summed E-state index contributed by atoms with van der Waals surface area (Å²) in [5, 5.41) is 6.69. The molecule has 1 aromatic heterocycles. The summed E-state index contributed by atoms with van der Waals surface area (Å²) in [6, 6.07) is 14.7. The van der Waals surface area contributed by atoms with Gasteiger partial charge in [-0.15, -0.1) is 0 Å². The normalized spacial score (nSPS) is 11.2. The molecule has 2 aromatic carbocycles. The van der Waals surface area contributed by atoms with Crippen molar-refractivity contribution in [3.63, 3.8) is 0 Å². The molecule has 5 heteroatoms. The topological polar surface area (TPSA) is 37.9 Å². The molecule has 0 unspecified atom stereocenters. The molecule has 3 nitrogen and oxygen atoms in total. The molecule has 0 saturated heterocycles. The minimum atomic E-state index is -2.58. The number of ether oxygens (including phenoxy) is 1. The van der Waals surface area contributed by atoms with Crippen LogP contribution in [0.3, 0.4) is 0 Å². The van der Waals surface area contributed by atoms with Crippen molar-refractivity contribution in [2.75, 3.05) is 0 Å².